The maximum Gasteiger partial charge on any atom is 0.205 e. The fourth-order valence-corrected chi connectivity index (χ4v) is 1.54. The number of alkyl halides is 1. The molecule has 0 aliphatic carbocycles. The van der Waals surface area contributed by atoms with E-state index in [1.807, 2.05) is 12.4 Å². The van der Waals surface area contributed by atoms with Gasteiger partial charge in [0.15, 0.2) is 0 Å². The maximum absolute atomic E-state index is 5.71. The molecule has 1 rings (SSSR count). The molecule has 0 aliphatic rings. The molecular formula is C9H16ClN3. The van der Waals surface area contributed by atoms with Crippen LogP contribution in [-0.4, -0.2) is 28.5 Å². The first-order valence-electron chi connectivity index (χ1n) is 4.65. The van der Waals surface area contributed by atoms with E-state index in [1.54, 1.807) is 0 Å². The van der Waals surface area contributed by atoms with Crippen LogP contribution in [-0.2, 0) is 6.54 Å². The third kappa shape index (κ3) is 2.37. The number of hydrogen-bond donors (Lipinski definition) is 0. The van der Waals surface area contributed by atoms with Gasteiger partial charge in [-0.25, -0.2) is 4.98 Å². The van der Waals surface area contributed by atoms with Crippen LogP contribution in [0.3, 0.4) is 0 Å². The lowest BCUT2D eigenvalue weighted by Gasteiger charge is -2.21. The van der Waals surface area contributed by atoms with Crippen molar-refractivity contribution in [1.29, 1.82) is 0 Å². The van der Waals surface area contributed by atoms with Crippen LogP contribution < -0.4 is 4.90 Å². The van der Waals surface area contributed by atoms with E-state index in [-0.39, 0.29) is 0 Å². The molecule has 0 atom stereocenters. The summed E-state index contributed by atoms with van der Waals surface area (Å²) in [4.78, 5) is 6.48. The second kappa shape index (κ2) is 5.12. The molecule has 0 spiro atoms. The highest BCUT2D eigenvalue weighted by Crippen LogP contribution is 2.10. The van der Waals surface area contributed by atoms with Gasteiger partial charge in [-0.3, -0.25) is 0 Å². The number of aromatic nitrogens is 2. The Kier molecular flexibility index (Phi) is 4.09. The first-order valence-corrected chi connectivity index (χ1v) is 5.19. The van der Waals surface area contributed by atoms with Gasteiger partial charge in [0.25, 0.3) is 0 Å². The van der Waals surface area contributed by atoms with E-state index in [9.17, 15) is 0 Å². The van der Waals surface area contributed by atoms with Crippen molar-refractivity contribution in [3.05, 3.63) is 12.4 Å². The van der Waals surface area contributed by atoms with E-state index in [4.69, 9.17) is 11.6 Å². The third-order valence-electron chi connectivity index (χ3n) is 2.05. The number of hydrogen-bond acceptors (Lipinski definition) is 2. The maximum atomic E-state index is 5.71. The Hall–Kier alpha value is -0.700. The van der Waals surface area contributed by atoms with Gasteiger partial charge >= 0.3 is 0 Å². The van der Waals surface area contributed by atoms with Crippen molar-refractivity contribution in [3.8, 4) is 0 Å². The summed E-state index contributed by atoms with van der Waals surface area (Å²) in [5.41, 5.74) is 0. The second-order valence-corrected chi connectivity index (χ2v) is 3.16. The molecule has 1 aromatic rings. The average Bonchev–Trinajstić information content (AvgIpc) is 2.61. The molecule has 0 radical (unpaired) electrons. The number of halogens is 1. The zero-order chi connectivity index (χ0) is 9.68. The predicted molar refractivity (Wildman–Crippen MR) is 56.5 cm³/mol. The minimum atomic E-state index is 0.643. The van der Waals surface area contributed by atoms with E-state index in [1.165, 1.54) is 0 Å². The highest BCUT2D eigenvalue weighted by molar-refractivity contribution is 6.18. The summed E-state index contributed by atoms with van der Waals surface area (Å²) < 4.78 is 2.12. The van der Waals surface area contributed by atoms with Crippen LogP contribution in [0, 0.1) is 0 Å². The van der Waals surface area contributed by atoms with Gasteiger partial charge in [0, 0.05) is 37.9 Å². The van der Waals surface area contributed by atoms with Crippen LogP contribution in [0.5, 0.6) is 0 Å². The van der Waals surface area contributed by atoms with Gasteiger partial charge in [-0.2, -0.15) is 0 Å². The molecule has 74 valence electrons. The van der Waals surface area contributed by atoms with Gasteiger partial charge in [0.1, 0.15) is 0 Å². The summed E-state index contributed by atoms with van der Waals surface area (Å²) in [6.07, 6.45) is 3.82. The Bertz CT molecular complexity index is 247. The Morgan fingerprint density at radius 3 is 2.85 bits per heavy atom. The SMILES string of the molecule is CCN(CCCl)c1nccn1CC. The van der Waals surface area contributed by atoms with Crippen molar-refractivity contribution in [3.63, 3.8) is 0 Å². The lowest BCUT2D eigenvalue weighted by molar-refractivity contribution is 0.713. The summed E-state index contributed by atoms with van der Waals surface area (Å²) in [6.45, 7) is 6.98. The van der Waals surface area contributed by atoms with Crippen molar-refractivity contribution in [2.24, 2.45) is 0 Å². The minimum absolute atomic E-state index is 0.643. The molecule has 4 heteroatoms. The van der Waals surface area contributed by atoms with Crippen LogP contribution in [0.25, 0.3) is 0 Å². The summed E-state index contributed by atoms with van der Waals surface area (Å²) in [5, 5.41) is 0. The molecular weight excluding hydrogens is 186 g/mol. The summed E-state index contributed by atoms with van der Waals surface area (Å²) in [7, 11) is 0. The fourth-order valence-electron chi connectivity index (χ4n) is 1.33. The van der Waals surface area contributed by atoms with Crippen molar-refractivity contribution < 1.29 is 0 Å². The zero-order valence-corrected chi connectivity index (χ0v) is 8.96. The lowest BCUT2D eigenvalue weighted by Crippen LogP contribution is -2.27. The molecule has 0 aromatic carbocycles. The third-order valence-corrected chi connectivity index (χ3v) is 2.22. The monoisotopic (exact) mass is 201 g/mol. The summed E-state index contributed by atoms with van der Waals surface area (Å²) in [5.74, 6) is 1.66. The Balaban J connectivity index is 2.77. The molecule has 0 fully saturated rings. The van der Waals surface area contributed by atoms with E-state index in [2.05, 4.69) is 28.3 Å². The number of anilines is 1. The van der Waals surface area contributed by atoms with Crippen LogP contribution in [0.2, 0.25) is 0 Å². The summed E-state index contributed by atoms with van der Waals surface area (Å²) in [6, 6.07) is 0. The molecule has 0 saturated heterocycles. The van der Waals surface area contributed by atoms with Crippen LogP contribution in [0.1, 0.15) is 13.8 Å². The first kappa shape index (κ1) is 10.4. The minimum Gasteiger partial charge on any atom is -0.341 e. The van der Waals surface area contributed by atoms with Crippen LogP contribution in [0.15, 0.2) is 12.4 Å². The van der Waals surface area contributed by atoms with Crippen molar-refractivity contribution in [1.82, 2.24) is 9.55 Å². The fraction of sp³-hybridized carbons (Fsp3) is 0.667. The first-order chi connectivity index (χ1) is 6.33. The van der Waals surface area contributed by atoms with Crippen molar-refractivity contribution in [2.45, 2.75) is 20.4 Å². The number of imidazole rings is 1. The van der Waals surface area contributed by atoms with E-state index >= 15 is 0 Å². The molecule has 1 aromatic heterocycles. The van der Waals surface area contributed by atoms with Crippen LogP contribution in [0.4, 0.5) is 5.95 Å². The molecule has 0 aliphatic heterocycles. The smallest absolute Gasteiger partial charge is 0.205 e. The lowest BCUT2D eigenvalue weighted by atomic mass is 10.5. The second-order valence-electron chi connectivity index (χ2n) is 2.78. The summed E-state index contributed by atoms with van der Waals surface area (Å²) >= 11 is 5.71. The van der Waals surface area contributed by atoms with Crippen LogP contribution >= 0.6 is 11.6 Å². The highest BCUT2D eigenvalue weighted by atomic mass is 35.5. The molecule has 0 amide bonds. The van der Waals surface area contributed by atoms with Gasteiger partial charge in [-0.1, -0.05) is 0 Å². The zero-order valence-electron chi connectivity index (χ0n) is 8.20. The largest absolute Gasteiger partial charge is 0.341 e. The Labute approximate surface area is 84.3 Å². The van der Waals surface area contributed by atoms with Crippen molar-refractivity contribution >= 4 is 17.5 Å². The Morgan fingerprint density at radius 2 is 2.31 bits per heavy atom. The number of aryl methyl sites for hydroxylation is 1. The molecule has 3 nitrogen and oxygen atoms in total. The average molecular weight is 202 g/mol. The quantitative estimate of drug-likeness (QED) is 0.680. The normalized spacial score (nSPS) is 10.4. The van der Waals surface area contributed by atoms with E-state index in [0.29, 0.717) is 5.88 Å². The molecule has 0 unspecified atom stereocenters. The van der Waals surface area contributed by atoms with Gasteiger partial charge in [0.05, 0.1) is 0 Å². The highest BCUT2D eigenvalue weighted by Gasteiger charge is 2.08. The van der Waals surface area contributed by atoms with Gasteiger partial charge in [-0.05, 0) is 13.8 Å². The van der Waals surface area contributed by atoms with E-state index in [0.717, 1.165) is 25.6 Å². The Morgan fingerprint density at radius 1 is 1.54 bits per heavy atom. The molecule has 0 N–H and O–H groups in total. The van der Waals surface area contributed by atoms with Gasteiger partial charge in [-0.15, -0.1) is 11.6 Å². The molecule has 0 bridgehead atoms. The number of rotatable bonds is 5. The van der Waals surface area contributed by atoms with Gasteiger partial charge in [0.2, 0.25) is 5.95 Å². The van der Waals surface area contributed by atoms with E-state index < -0.39 is 0 Å². The van der Waals surface area contributed by atoms with Gasteiger partial charge < -0.3 is 9.47 Å². The predicted octanol–water partition coefficient (Wildman–Crippen LogP) is 1.97. The van der Waals surface area contributed by atoms with Crippen molar-refractivity contribution in [2.75, 3.05) is 23.9 Å². The molecule has 13 heavy (non-hydrogen) atoms. The molecule has 1 heterocycles. The standard InChI is InChI=1S/C9H16ClN3/c1-3-12(7-5-10)9-11-6-8-13(9)4-2/h6,8H,3-5,7H2,1-2H3. The number of nitrogens with zero attached hydrogens (tertiary/aromatic N) is 3. The molecule has 0 saturated carbocycles. The topological polar surface area (TPSA) is 21.1 Å².